The molecule has 0 saturated carbocycles. The lowest BCUT2D eigenvalue weighted by Crippen LogP contribution is -2.48. The molecule has 0 aliphatic carbocycles. The monoisotopic (exact) mass is 369 g/mol. The van der Waals surface area contributed by atoms with E-state index < -0.39 is 23.8 Å². The molecule has 1 atom stereocenters. The zero-order valence-electron chi connectivity index (χ0n) is 14.5. The highest BCUT2D eigenvalue weighted by Gasteiger charge is 2.23. The van der Waals surface area contributed by atoms with E-state index in [1.165, 1.54) is 13.3 Å². The Bertz CT molecular complexity index is 597. The zero-order valence-corrected chi connectivity index (χ0v) is 15.4. The van der Waals surface area contributed by atoms with Crippen LogP contribution in [0.4, 0.5) is 0 Å². The highest BCUT2D eigenvalue weighted by molar-refractivity contribution is 7.98. The molecule has 1 heterocycles. The van der Waals surface area contributed by atoms with Crippen LogP contribution in [0.15, 0.2) is 18.3 Å². The molecule has 2 N–H and O–H groups in total. The number of hydrogen-bond acceptors (Lipinski definition) is 7. The first-order valence-corrected chi connectivity index (χ1v) is 9.15. The van der Waals surface area contributed by atoms with Gasteiger partial charge in [-0.3, -0.25) is 14.4 Å². The molecule has 25 heavy (non-hydrogen) atoms. The molecule has 9 heteroatoms. The van der Waals surface area contributed by atoms with Gasteiger partial charge in [0.25, 0.3) is 5.91 Å². The molecule has 1 aromatic heterocycles. The second kappa shape index (κ2) is 11.3. The van der Waals surface area contributed by atoms with E-state index in [2.05, 4.69) is 15.6 Å². The summed E-state index contributed by atoms with van der Waals surface area (Å²) in [6.45, 7) is 1.68. The van der Waals surface area contributed by atoms with Crippen molar-refractivity contribution in [2.24, 2.45) is 0 Å². The minimum atomic E-state index is -0.778. The number of aromatic nitrogens is 1. The predicted octanol–water partition coefficient (Wildman–Crippen LogP) is 0.621. The van der Waals surface area contributed by atoms with Gasteiger partial charge in [-0.25, -0.2) is 4.98 Å². The number of carbonyl (C=O) groups excluding carboxylic acids is 3. The van der Waals surface area contributed by atoms with Crippen molar-refractivity contribution in [2.75, 3.05) is 32.3 Å². The summed E-state index contributed by atoms with van der Waals surface area (Å²) < 4.78 is 9.82. The number of amides is 2. The summed E-state index contributed by atoms with van der Waals surface area (Å²) in [7, 11) is 1.41. The third kappa shape index (κ3) is 7.00. The maximum atomic E-state index is 12.4. The number of thioether (sulfide) groups is 1. The first-order chi connectivity index (χ1) is 12.0. The number of ether oxygens (including phenoxy) is 2. The van der Waals surface area contributed by atoms with E-state index in [0.29, 0.717) is 12.2 Å². The highest BCUT2D eigenvalue weighted by Crippen LogP contribution is 2.14. The number of nitrogens with one attached hydrogen (secondary N) is 2. The molecular weight excluding hydrogens is 346 g/mol. The topological polar surface area (TPSA) is 107 Å². The van der Waals surface area contributed by atoms with E-state index in [0.717, 1.165) is 0 Å². The van der Waals surface area contributed by atoms with Gasteiger partial charge in [-0.2, -0.15) is 11.8 Å². The Morgan fingerprint density at radius 3 is 2.76 bits per heavy atom. The molecule has 0 bridgehead atoms. The summed E-state index contributed by atoms with van der Waals surface area (Å²) in [6.07, 6.45) is 3.83. The molecule has 138 valence electrons. The molecule has 2 amide bonds. The molecule has 0 fully saturated rings. The van der Waals surface area contributed by atoms with Crippen LogP contribution in [0.25, 0.3) is 0 Å². The van der Waals surface area contributed by atoms with E-state index >= 15 is 0 Å². The van der Waals surface area contributed by atoms with E-state index in [1.807, 2.05) is 6.26 Å². The second-order valence-corrected chi connectivity index (χ2v) is 5.88. The van der Waals surface area contributed by atoms with Gasteiger partial charge in [-0.1, -0.05) is 0 Å². The lowest BCUT2D eigenvalue weighted by Gasteiger charge is -2.18. The fourth-order valence-electron chi connectivity index (χ4n) is 1.96. The molecule has 1 aromatic rings. The second-order valence-electron chi connectivity index (χ2n) is 4.89. The number of methoxy groups -OCH3 is 1. The molecule has 0 aliphatic rings. The van der Waals surface area contributed by atoms with Crippen LogP contribution in [0.3, 0.4) is 0 Å². The van der Waals surface area contributed by atoms with Gasteiger partial charge in [0, 0.05) is 6.20 Å². The first-order valence-electron chi connectivity index (χ1n) is 7.75. The summed E-state index contributed by atoms with van der Waals surface area (Å²) in [5, 5.41) is 5.14. The van der Waals surface area contributed by atoms with Crippen LogP contribution in [-0.4, -0.2) is 61.1 Å². The zero-order chi connectivity index (χ0) is 18.7. The van der Waals surface area contributed by atoms with Gasteiger partial charge in [-0.05, 0) is 37.5 Å². The fourth-order valence-corrected chi connectivity index (χ4v) is 2.43. The summed E-state index contributed by atoms with van der Waals surface area (Å²) in [5.41, 5.74) is 0.234. The number of nitrogens with zero attached hydrogens (tertiary/aromatic N) is 1. The minimum absolute atomic E-state index is 0.176. The smallest absolute Gasteiger partial charge is 0.325 e. The van der Waals surface area contributed by atoms with Crippen molar-refractivity contribution in [3.8, 4) is 5.88 Å². The van der Waals surface area contributed by atoms with Crippen molar-refractivity contribution >= 4 is 29.5 Å². The van der Waals surface area contributed by atoms with E-state index in [1.54, 1.807) is 30.8 Å². The molecular formula is C16H23N3O5S. The molecule has 0 aromatic carbocycles. The summed E-state index contributed by atoms with van der Waals surface area (Å²) in [4.78, 5) is 40.0. The summed E-state index contributed by atoms with van der Waals surface area (Å²) in [6, 6.07) is 2.39. The maximum absolute atomic E-state index is 12.4. The standard InChI is InChI=1S/C16H23N3O5S/c1-4-24-13(20)10-18-15(22)12(7-9-25-3)19-14(21)11-6-5-8-17-16(11)23-2/h5-6,8,12H,4,7,9-10H2,1-3H3,(H,18,22)(H,19,21). The SMILES string of the molecule is CCOC(=O)CNC(=O)C(CCSC)NC(=O)c1cccnc1OC. The van der Waals surface area contributed by atoms with E-state index in [4.69, 9.17) is 9.47 Å². The molecule has 0 aliphatic heterocycles. The largest absolute Gasteiger partial charge is 0.480 e. The van der Waals surface area contributed by atoms with E-state index in [-0.39, 0.29) is 24.6 Å². The van der Waals surface area contributed by atoms with Gasteiger partial charge in [0.1, 0.15) is 18.2 Å². The highest BCUT2D eigenvalue weighted by atomic mass is 32.2. The van der Waals surface area contributed by atoms with Crippen molar-refractivity contribution in [1.29, 1.82) is 0 Å². The normalized spacial score (nSPS) is 11.3. The molecule has 1 rings (SSSR count). The van der Waals surface area contributed by atoms with Gasteiger partial charge in [0.05, 0.1) is 13.7 Å². The number of carbonyl (C=O) groups is 3. The minimum Gasteiger partial charge on any atom is -0.480 e. The third-order valence-corrected chi connectivity index (χ3v) is 3.80. The summed E-state index contributed by atoms with van der Waals surface area (Å²) in [5.74, 6) is -0.599. The Kier molecular flexibility index (Phi) is 9.38. The average Bonchev–Trinajstić information content (AvgIpc) is 2.63. The quantitative estimate of drug-likeness (QED) is 0.582. The van der Waals surface area contributed by atoms with Gasteiger partial charge in [0.2, 0.25) is 11.8 Å². The van der Waals surface area contributed by atoms with Crippen LogP contribution in [0.5, 0.6) is 5.88 Å². The molecule has 0 spiro atoms. The number of esters is 1. The van der Waals surface area contributed by atoms with Crippen LogP contribution < -0.4 is 15.4 Å². The molecule has 8 nitrogen and oxygen atoms in total. The van der Waals surface area contributed by atoms with Crippen LogP contribution in [0, 0.1) is 0 Å². The first kappa shape index (κ1) is 20.8. The van der Waals surface area contributed by atoms with E-state index in [9.17, 15) is 14.4 Å². The fraction of sp³-hybridized carbons (Fsp3) is 0.500. The Morgan fingerprint density at radius 1 is 1.36 bits per heavy atom. The molecule has 1 unspecified atom stereocenters. The van der Waals surface area contributed by atoms with Gasteiger partial charge in [-0.15, -0.1) is 0 Å². The number of pyridine rings is 1. The van der Waals surface area contributed by atoms with Gasteiger partial charge < -0.3 is 20.1 Å². The summed E-state index contributed by atoms with van der Waals surface area (Å²) >= 11 is 1.55. The average molecular weight is 369 g/mol. The van der Waals surface area contributed by atoms with Crippen molar-refractivity contribution in [3.05, 3.63) is 23.9 Å². The van der Waals surface area contributed by atoms with Crippen LogP contribution >= 0.6 is 11.8 Å². The van der Waals surface area contributed by atoms with Crippen molar-refractivity contribution < 1.29 is 23.9 Å². The Morgan fingerprint density at radius 2 is 2.12 bits per heavy atom. The molecule has 0 radical (unpaired) electrons. The maximum Gasteiger partial charge on any atom is 0.325 e. The Labute approximate surface area is 151 Å². The van der Waals surface area contributed by atoms with Gasteiger partial charge in [0.15, 0.2) is 0 Å². The van der Waals surface area contributed by atoms with Crippen LogP contribution in [-0.2, 0) is 14.3 Å². The Hall–Kier alpha value is -2.29. The van der Waals surface area contributed by atoms with Crippen molar-refractivity contribution in [3.63, 3.8) is 0 Å². The third-order valence-electron chi connectivity index (χ3n) is 3.15. The van der Waals surface area contributed by atoms with Crippen molar-refractivity contribution in [1.82, 2.24) is 15.6 Å². The molecule has 0 saturated heterocycles. The number of hydrogen-bond donors (Lipinski definition) is 2. The lowest BCUT2D eigenvalue weighted by atomic mass is 10.1. The predicted molar refractivity (Wildman–Crippen MR) is 94.7 cm³/mol. The van der Waals surface area contributed by atoms with Crippen LogP contribution in [0.2, 0.25) is 0 Å². The lowest BCUT2D eigenvalue weighted by molar-refractivity contribution is -0.143. The Balaban J connectivity index is 2.75. The van der Waals surface area contributed by atoms with Crippen molar-refractivity contribution in [2.45, 2.75) is 19.4 Å². The van der Waals surface area contributed by atoms with Crippen LogP contribution in [0.1, 0.15) is 23.7 Å². The van der Waals surface area contributed by atoms with Gasteiger partial charge >= 0.3 is 5.97 Å². The number of rotatable bonds is 10.